The minimum absolute atomic E-state index is 0. The smallest absolute Gasteiger partial charge is 0.191 e. The van der Waals surface area contributed by atoms with E-state index in [1.165, 1.54) is 5.56 Å². The predicted molar refractivity (Wildman–Crippen MR) is 140 cm³/mol. The number of hydrogen-bond donors (Lipinski definition) is 2. The highest BCUT2D eigenvalue weighted by molar-refractivity contribution is 14.0. The van der Waals surface area contributed by atoms with Gasteiger partial charge in [0.2, 0.25) is 0 Å². The van der Waals surface area contributed by atoms with Crippen molar-refractivity contribution in [3.05, 3.63) is 29.3 Å². The van der Waals surface area contributed by atoms with Gasteiger partial charge in [-0.2, -0.15) is 0 Å². The maximum Gasteiger partial charge on any atom is 0.191 e. The molecule has 1 aliphatic rings. The molecule has 0 saturated carbocycles. The highest BCUT2D eigenvalue weighted by atomic mass is 127. The molecule has 7 nitrogen and oxygen atoms in total. The number of guanidine groups is 1. The van der Waals surface area contributed by atoms with Gasteiger partial charge in [-0.3, -0.25) is 9.89 Å². The molecule has 1 heterocycles. The van der Waals surface area contributed by atoms with E-state index in [1.54, 1.807) is 7.11 Å². The molecule has 0 amide bonds. The first-order valence-corrected chi connectivity index (χ1v) is 11.2. The van der Waals surface area contributed by atoms with Crippen molar-refractivity contribution in [3.63, 3.8) is 0 Å². The highest BCUT2D eigenvalue weighted by Gasteiger charge is 2.20. The average Bonchev–Trinajstić information content (AvgIpc) is 2.77. The molecule has 1 aliphatic heterocycles. The van der Waals surface area contributed by atoms with E-state index in [0.717, 1.165) is 63.0 Å². The molecule has 2 rings (SSSR count). The molecule has 1 fully saturated rings. The zero-order valence-corrected chi connectivity index (χ0v) is 22.3. The second-order valence-corrected chi connectivity index (χ2v) is 7.93. The third kappa shape index (κ3) is 9.93. The molecule has 0 aromatic heterocycles. The second kappa shape index (κ2) is 15.7. The van der Waals surface area contributed by atoms with Crippen molar-refractivity contribution >= 4 is 29.9 Å². The maximum absolute atomic E-state index is 5.99. The Balaban J connectivity index is 0.00000480. The Morgan fingerprint density at radius 3 is 2.55 bits per heavy atom. The van der Waals surface area contributed by atoms with Crippen LogP contribution in [-0.4, -0.2) is 88.4 Å². The number of likely N-dealkylation sites (N-methyl/N-ethyl adjacent to an activating group) is 1. The Kier molecular flexibility index (Phi) is 14.1. The summed E-state index contributed by atoms with van der Waals surface area (Å²) in [5.74, 6) is 1.75. The fourth-order valence-electron chi connectivity index (χ4n) is 3.62. The first-order chi connectivity index (χ1) is 14.6. The average molecular weight is 548 g/mol. The quantitative estimate of drug-likeness (QED) is 0.192. The van der Waals surface area contributed by atoms with Gasteiger partial charge in [0.05, 0.1) is 6.61 Å². The predicted octanol–water partition coefficient (Wildman–Crippen LogP) is 2.72. The molecule has 2 N–H and O–H groups in total. The molecule has 178 valence electrons. The van der Waals surface area contributed by atoms with Crippen molar-refractivity contribution in [1.29, 1.82) is 0 Å². The summed E-state index contributed by atoms with van der Waals surface area (Å²) >= 11 is 0. The van der Waals surface area contributed by atoms with Gasteiger partial charge in [0.15, 0.2) is 5.96 Å². The van der Waals surface area contributed by atoms with Crippen LogP contribution in [0.3, 0.4) is 0 Å². The lowest BCUT2D eigenvalue weighted by molar-refractivity contribution is 0.107. The van der Waals surface area contributed by atoms with Crippen LogP contribution in [0.2, 0.25) is 0 Å². The van der Waals surface area contributed by atoms with Gasteiger partial charge in [-0.15, -0.1) is 24.0 Å². The van der Waals surface area contributed by atoms with E-state index >= 15 is 0 Å². The van der Waals surface area contributed by atoms with Crippen molar-refractivity contribution < 1.29 is 9.47 Å². The van der Waals surface area contributed by atoms with Gasteiger partial charge in [0, 0.05) is 78.1 Å². The van der Waals surface area contributed by atoms with Gasteiger partial charge in [-0.1, -0.05) is 19.1 Å². The number of nitrogens with one attached hydrogen (secondary N) is 2. The molecule has 0 radical (unpaired) electrons. The SMILES string of the molecule is CCN1CCN(C(C)CNC(=NC)NCc2ccc(C)cc2OCCCOC)CC1.I. The van der Waals surface area contributed by atoms with E-state index in [-0.39, 0.29) is 24.0 Å². The van der Waals surface area contributed by atoms with E-state index in [4.69, 9.17) is 9.47 Å². The number of halogens is 1. The lowest BCUT2D eigenvalue weighted by atomic mass is 10.1. The van der Waals surface area contributed by atoms with E-state index in [2.05, 4.69) is 64.4 Å². The lowest BCUT2D eigenvalue weighted by Gasteiger charge is -2.37. The van der Waals surface area contributed by atoms with Crippen molar-refractivity contribution in [2.24, 2.45) is 4.99 Å². The third-order valence-electron chi connectivity index (χ3n) is 5.69. The number of nitrogens with zero attached hydrogens (tertiary/aromatic N) is 3. The monoisotopic (exact) mass is 547 g/mol. The van der Waals surface area contributed by atoms with Gasteiger partial charge in [0.25, 0.3) is 0 Å². The summed E-state index contributed by atoms with van der Waals surface area (Å²) in [4.78, 5) is 9.45. The van der Waals surface area contributed by atoms with Gasteiger partial charge in [-0.25, -0.2) is 0 Å². The van der Waals surface area contributed by atoms with Crippen LogP contribution in [-0.2, 0) is 11.3 Å². The molecular weight excluding hydrogens is 505 g/mol. The van der Waals surface area contributed by atoms with Crippen LogP contribution in [0.15, 0.2) is 23.2 Å². The van der Waals surface area contributed by atoms with Crippen molar-refractivity contribution in [3.8, 4) is 5.75 Å². The Hall–Kier alpha value is -1.10. The Labute approximate surface area is 206 Å². The lowest BCUT2D eigenvalue weighted by Crippen LogP contribution is -2.53. The van der Waals surface area contributed by atoms with Crippen molar-refractivity contribution in [2.75, 3.05) is 66.6 Å². The minimum Gasteiger partial charge on any atom is -0.493 e. The highest BCUT2D eigenvalue weighted by Crippen LogP contribution is 2.20. The van der Waals surface area contributed by atoms with Crippen LogP contribution in [0.25, 0.3) is 0 Å². The van der Waals surface area contributed by atoms with Gasteiger partial charge in [0.1, 0.15) is 5.75 Å². The van der Waals surface area contributed by atoms with Crippen LogP contribution >= 0.6 is 24.0 Å². The fourth-order valence-corrected chi connectivity index (χ4v) is 3.62. The van der Waals surface area contributed by atoms with Crippen LogP contribution in [0.4, 0.5) is 0 Å². The summed E-state index contributed by atoms with van der Waals surface area (Å²) in [6.45, 7) is 15.3. The van der Waals surface area contributed by atoms with Crippen LogP contribution in [0.5, 0.6) is 5.75 Å². The van der Waals surface area contributed by atoms with Crippen LogP contribution in [0, 0.1) is 6.92 Å². The minimum atomic E-state index is 0. The third-order valence-corrected chi connectivity index (χ3v) is 5.69. The molecule has 1 aromatic rings. The number of benzene rings is 1. The first kappa shape index (κ1) is 27.9. The number of piperazine rings is 1. The topological polar surface area (TPSA) is 61.4 Å². The molecule has 1 unspecified atom stereocenters. The number of aryl methyl sites for hydroxylation is 1. The molecule has 1 saturated heterocycles. The van der Waals surface area contributed by atoms with Crippen molar-refractivity contribution in [1.82, 2.24) is 20.4 Å². The molecule has 1 atom stereocenters. The fraction of sp³-hybridized carbons (Fsp3) is 0.696. The van der Waals surface area contributed by atoms with Gasteiger partial charge >= 0.3 is 0 Å². The molecule has 1 aromatic carbocycles. The Morgan fingerprint density at radius 1 is 1.16 bits per heavy atom. The molecule has 8 heteroatoms. The number of methoxy groups -OCH3 is 1. The molecule has 0 aliphatic carbocycles. The van der Waals surface area contributed by atoms with E-state index in [0.29, 0.717) is 25.8 Å². The van der Waals surface area contributed by atoms with Gasteiger partial charge < -0.3 is 25.0 Å². The molecular formula is C23H42IN5O2. The Morgan fingerprint density at radius 2 is 1.90 bits per heavy atom. The van der Waals surface area contributed by atoms with Crippen LogP contribution in [0.1, 0.15) is 31.4 Å². The second-order valence-electron chi connectivity index (χ2n) is 7.93. The van der Waals surface area contributed by atoms with E-state index in [9.17, 15) is 0 Å². The Bertz CT molecular complexity index is 651. The number of ether oxygens (including phenoxy) is 2. The van der Waals surface area contributed by atoms with Crippen molar-refractivity contribution in [2.45, 2.75) is 39.8 Å². The van der Waals surface area contributed by atoms with E-state index in [1.807, 2.05) is 7.05 Å². The number of hydrogen-bond acceptors (Lipinski definition) is 5. The number of aliphatic imine (C=N–C) groups is 1. The van der Waals surface area contributed by atoms with Crippen LogP contribution < -0.4 is 15.4 Å². The molecule has 0 spiro atoms. The zero-order chi connectivity index (χ0) is 21.8. The molecule has 31 heavy (non-hydrogen) atoms. The maximum atomic E-state index is 5.99. The standard InChI is InChI=1S/C23H41N5O2.HI/c1-6-27-10-12-28(13-11-27)20(3)17-25-23(24-4)26-18-21-9-8-19(2)16-22(21)30-15-7-14-29-5;/h8-9,16,20H,6-7,10-15,17-18H2,1-5H3,(H2,24,25,26);1H. The molecule has 0 bridgehead atoms. The summed E-state index contributed by atoms with van der Waals surface area (Å²) in [7, 11) is 3.53. The van der Waals surface area contributed by atoms with E-state index < -0.39 is 0 Å². The van der Waals surface area contributed by atoms with Gasteiger partial charge in [-0.05, 0) is 32.0 Å². The number of rotatable bonds is 11. The summed E-state index contributed by atoms with van der Waals surface area (Å²) in [5.41, 5.74) is 2.32. The zero-order valence-electron chi connectivity index (χ0n) is 19.9. The largest absolute Gasteiger partial charge is 0.493 e. The summed E-state index contributed by atoms with van der Waals surface area (Å²) in [6.07, 6.45) is 0.880. The summed E-state index contributed by atoms with van der Waals surface area (Å²) in [6, 6.07) is 6.81. The first-order valence-electron chi connectivity index (χ1n) is 11.2. The summed E-state index contributed by atoms with van der Waals surface area (Å²) in [5, 5.41) is 6.91. The normalized spacial score (nSPS) is 16.5. The summed E-state index contributed by atoms with van der Waals surface area (Å²) < 4.78 is 11.1.